The molecule has 0 saturated carbocycles. The Morgan fingerprint density at radius 3 is 2.46 bits per heavy atom. The lowest BCUT2D eigenvalue weighted by Gasteiger charge is -2.33. The molecule has 1 aromatic heterocycles. The summed E-state index contributed by atoms with van der Waals surface area (Å²) in [6.07, 6.45) is 2.37. The zero-order chi connectivity index (χ0) is 16.9. The van der Waals surface area contributed by atoms with Crippen LogP contribution >= 0.6 is 0 Å². The standard InChI is InChI=1S/C18H21F2N3O/c19-14-4-3-5-15(20)18(14)16(24)12-22-13-7-10-23(11-8-13)17-6-1-2-9-21-17/h1-6,9,13,16,22,24H,7-8,10-12H2. The summed E-state index contributed by atoms with van der Waals surface area (Å²) in [6.45, 7) is 1.85. The van der Waals surface area contributed by atoms with Gasteiger partial charge in [-0.05, 0) is 37.1 Å². The van der Waals surface area contributed by atoms with Crippen molar-refractivity contribution in [2.75, 3.05) is 24.5 Å². The van der Waals surface area contributed by atoms with Gasteiger partial charge in [-0.25, -0.2) is 13.8 Å². The van der Waals surface area contributed by atoms with Gasteiger partial charge in [0.15, 0.2) is 0 Å². The van der Waals surface area contributed by atoms with Crippen LogP contribution in [-0.2, 0) is 0 Å². The van der Waals surface area contributed by atoms with Gasteiger partial charge in [-0.2, -0.15) is 0 Å². The lowest BCUT2D eigenvalue weighted by atomic mass is 10.0. The second kappa shape index (κ2) is 7.68. The summed E-state index contributed by atoms with van der Waals surface area (Å²) in [6, 6.07) is 9.67. The number of benzene rings is 1. The first-order valence-corrected chi connectivity index (χ1v) is 8.16. The van der Waals surface area contributed by atoms with Gasteiger partial charge in [-0.15, -0.1) is 0 Å². The molecular weight excluding hydrogens is 312 g/mol. The van der Waals surface area contributed by atoms with Gasteiger partial charge >= 0.3 is 0 Å². The van der Waals surface area contributed by atoms with Crippen LogP contribution in [0.2, 0.25) is 0 Å². The van der Waals surface area contributed by atoms with Gasteiger partial charge in [0, 0.05) is 31.9 Å². The molecule has 3 rings (SSSR count). The lowest BCUT2D eigenvalue weighted by molar-refractivity contribution is 0.158. The van der Waals surface area contributed by atoms with Gasteiger partial charge in [0.25, 0.3) is 0 Å². The molecule has 1 unspecified atom stereocenters. The van der Waals surface area contributed by atoms with E-state index < -0.39 is 17.7 Å². The molecule has 0 radical (unpaired) electrons. The Hall–Kier alpha value is -2.05. The summed E-state index contributed by atoms with van der Waals surface area (Å²) in [4.78, 5) is 6.56. The number of hydrogen-bond donors (Lipinski definition) is 2. The van der Waals surface area contributed by atoms with Crippen molar-refractivity contribution in [1.29, 1.82) is 0 Å². The highest BCUT2D eigenvalue weighted by molar-refractivity contribution is 5.38. The number of halogens is 2. The van der Waals surface area contributed by atoms with Crippen LogP contribution < -0.4 is 10.2 Å². The normalized spacial score (nSPS) is 17.0. The van der Waals surface area contributed by atoms with Crippen molar-refractivity contribution in [1.82, 2.24) is 10.3 Å². The molecule has 2 aromatic rings. The highest BCUT2D eigenvalue weighted by Gasteiger charge is 2.22. The molecule has 2 heterocycles. The third kappa shape index (κ3) is 3.88. The summed E-state index contributed by atoms with van der Waals surface area (Å²) in [7, 11) is 0. The molecule has 1 atom stereocenters. The molecule has 1 aromatic carbocycles. The van der Waals surface area contributed by atoms with E-state index >= 15 is 0 Å². The largest absolute Gasteiger partial charge is 0.387 e. The number of hydrogen-bond acceptors (Lipinski definition) is 4. The molecule has 1 aliphatic rings. The molecule has 0 amide bonds. The minimum Gasteiger partial charge on any atom is -0.387 e. The second-order valence-corrected chi connectivity index (χ2v) is 6.01. The van der Waals surface area contributed by atoms with E-state index in [2.05, 4.69) is 15.2 Å². The fraction of sp³-hybridized carbons (Fsp3) is 0.389. The zero-order valence-electron chi connectivity index (χ0n) is 13.3. The average molecular weight is 333 g/mol. The monoisotopic (exact) mass is 333 g/mol. The van der Waals surface area contributed by atoms with Crippen molar-refractivity contribution < 1.29 is 13.9 Å². The molecule has 1 aliphatic heterocycles. The van der Waals surface area contributed by atoms with E-state index in [1.54, 1.807) is 6.20 Å². The number of pyridine rings is 1. The summed E-state index contributed by atoms with van der Waals surface area (Å²) in [5, 5.41) is 13.3. The fourth-order valence-electron chi connectivity index (χ4n) is 3.06. The average Bonchev–Trinajstić information content (AvgIpc) is 2.61. The maximum Gasteiger partial charge on any atom is 0.131 e. The molecule has 0 bridgehead atoms. The number of nitrogens with zero attached hydrogens (tertiary/aromatic N) is 2. The van der Waals surface area contributed by atoms with Gasteiger partial charge in [0.2, 0.25) is 0 Å². The predicted octanol–water partition coefficient (Wildman–Crippen LogP) is 2.65. The topological polar surface area (TPSA) is 48.4 Å². The van der Waals surface area contributed by atoms with Crippen molar-refractivity contribution in [3.63, 3.8) is 0 Å². The first-order valence-electron chi connectivity index (χ1n) is 8.16. The molecule has 2 N–H and O–H groups in total. The Kier molecular flexibility index (Phi) is 5.37. The number of aliphatic hydroxyl groups excluding tert-OH is 1. The van der Waals surface area contributed by atoms with Crippen molar-refractivity contribution >= 4 is 5.82 Å². The minimum absolute atomic E-state index is 0.131. The van der Waals surface area contributed by atoms with Crippen molar-refractivity contribution in [3.05, 3.63) is 59.8 Å². The Morgan fingerprint density at radius 1 is 1.12 bits per heavy atom. The van der Waals surface area contributed by atoms with Crippen LogP contribution in [0.5, 0.6) is 0 Å². The van der Waals surface area contributed by atoms with Gasteiger partial charge in [-0.1, -0.05) is 12.1 Å². The van der Waals surface area contributed by atoms with Crippen molar-refractivity contribution in [2.24, 2.45) is 0 Å². The van der Waals surface area contributed by atoms with Gasteiger partial charge in [0.05, 0.1) is 11.7 Å². The van der Waals surface area contributed by atoms with E-state index in [-0.39, 0.29) is 18.2 Å². The predicted molar refractivity (Wildman–Crippen MR) is 88.8 cm³/mol. The van der Waals surface area contributed by atoms with Crippen molar-refractivity contribution in [2.45, 2.75) is 25.0 Å². The molecule has 0 aliphatic carbocycles. The number of aromatic nitrogens is 1. The Morgan fingerprint density at radius 2 is 1.83 bits per heavy atom. The van der Waals surface area contributed by atoms with Gasteiger partial charge in [0.1, 0.15) is 17.5 Å². The maximum absolute atomic E-state index is 13.7. The van der Waals surface area contributed by atoms with Gasteiger partial charge < -0.3 is 15.3 Å². The Bertz CT molecular complexity index is 640. The lowest BCUT2D eigenvalue weighted by Crippen LogP contribution is -2.44. The van der Waals surface area contributed by atoms with Gasteiger partial charge in [-0.3, -0.25) is 0 Å². The van der Waals surface area contributed by atoms with E-state index in [1.165, 1.54) is 6.07 Å². The highest BCUT2D eigenvalue weighted by atomic mass is 19.1. The molecule has 0 spiro atoms. The highest BCUT2D eigenvalue weighted by Crippen LogP contribution is 2.21. The van der Waals surface area contributed by atoms with Crippen LogP contribution in [0.4, 0.5) is 14.6 Å². The Labute approximate surface area is 140 Å². The third-order valence-electron chi connectivity index (χ3n) is 4.40. The summed E-state index contributed by atoms with van der Waals surface area (Å²) < 4.78 is 27.3. The maximum atomic E-state index is 13.7. The Balaban J connectivity index is 1.50. The number of aliphatic hydroxyl groups is 1. The quantitative estimate of drug-likeness (QED) is 0.883. The number of piperidine rings is 1. The van der Waals surface area contributed by atoms with Crippen molar-refractivity contribution in [3.8, 4) is 0 Å². The van der Waals surface area contributed by atoms with E-state index in [0.717, 1.165) is 43.9 Å². The third-order valence-corrected chi connectivity index (χ3v) is 4.40. The molecule has 24 heavy (non-hydrogen) atoms. The molecule has 4 nitrogen and oxygen atoms in total. The SMILES string of the molecule is OC(CNC1CCN(c2ccccn2)CC1)c1c(F)cccc1F. The summed E-state index contributed by atoms with van der Waals surface area (Å²) >= 11 is 0. The smallest absolute Gasteiger partial charge is 0.131 e. The molecule has 1 saturated heterocycles. The van der Waals surface area contributed by atoms with Crippen LogP contribution in [0.1, 0.15) is 24.5 Å². The van der Waals surface area contributed by atoms with E-state index in [4.69, 9.17) is 0 Å². The van der Waals surface area contributed by atoms with E-state index in [1.807, 2.05) is 18.2 Å². The zero-order valence-corrected chi connectivity index (χ0v) is 13.3. The first-order chi connectivity index (χ1) is 11.6. The molecule has 128 valence electrons. The van der Waals surface area contributed by atoms with Crippen LogP contribution in [0.3, 0.4) is 0 Å². The molecular formula is C18H21F2N3O. The minimum atomic E-state index is -1.19. The number of anilines is 1. The number of nitrogens with one attached hydrogen (secondary N) is 1. The van der Waals surface area contributed by atoms with Crippen LogP contribution in [0, 0.1) is 11.6 Å². The number of rotatable bonds is 5. The van der Waals surface area contributed by atoms with E-state index in [9.17, 15) is 13.9 Å². The second-order valence-electron chi connectivity index (χ2n) is 6.01. The first kappa shape index (κ1) is 16.8. The molecule has 6 heteroatoms. The molecule has 1 fully saturated rings. The van der Waals surface area contributed by atoms with Crippen LogP contribution in [0.15, 0.2) is 42.6 Å². The summed E-state index contributed by atoms with van der Waals surface area (Å²) in [5.74, 6) is -0.465. The van der Waals surface area contributed by atoms with Crippen LogP contribution in [-0.4, -0.2) is 35.8 Å². The van der Waals surface area contributed by atoms with Crippen LogP contribution in [0.25, 0.3) is 0 Å². The van der Waals surface area contributed by atoms with E-state index in [0.29, 0.717) is 0 Å². The fourth-order valence-corrected chi connectivity index (χ4v) is 3.06. The summed E-state index contributed by atoms with van der Waals surface area (Å²) in [5.41, 5.74) is -0.268.